The maximum absolute atomic E-state index is 12.2. The fourth-order valence-corrected chi connectivity index (χ4v) is 3.28. The summed E-state index contributed by atoms with van der Waals surface area (Å²) in [5, 5.41) is 9.01. The predicted octanol–water partition coefficient (Wildman–Crippen LogP) is 2.22. The first-order valence-electron chi connectivity index (χ1n) is 7.05. The summed E-state index contributed by atoms with van der Waals surface area (Å²) in [5.74, 6) is 0.653. The summed E-state index contributed by atoms with van der Waals surface area (Å²) >= 11 is 1.46. The number of hydrogen-bond donors (Lipinski definition) is 0. The molecule has 1 amide bonds. The van der Waals surface area contributed by atoms with E-state index in [1.165, 1.54) is 24.6 Å². The van der Waals surface area contributed by atoms with Gasteiger partial charge in [-0.25, -0.2) is 0 Å². The first-order valence-corrected chi connectivity index (χ1v) is 8.03. The summed E-state index contributed by atoms with van der Waals surface area (Å²) in [6.07, 6.45) is 6.67. The van der Waals surface area contributed by atoms with Gasteiger partial charge in [-0.2, -0.15) is 0 Å². The number of likely N-dealkylation sites (tertiary alicyclic amines) is 1. The molecule has 5 nitrogen and oxygen atoms in total. The number of carbonyl (C=O) groups excluding carboxylic acids is 1. The molecule has 1 aliphatic rings. The van der Waals surface area contributed by atoms with Gasteiger partial charge in [0.05, 0.1) is 5.75 Å². The Balaban J connectivity index is 1.62. The minimum atomic E-state index is 0.213. The molecule has 6 heteroatoms. The maximum Gasteiger partial charge on any atom is 0.233 e. The molecule has 0 radical (unpaired) electrons. The van der Waals surface area contributed by atoms with Crippen LogP contribution in [-0.4, -0.2) is 44.2 Å². The second-order valence-corrected chi connectivity index (χ2v) is 5.94. The maximum atomic E-state index is 12.2. The average molecular weight is 290 g/mol. The molecule has 0 saturated carbocycles. The Kier molecular flexibility index (Phi) is 4.20. The Morgan fingerprint density at radius 3 is 2.75 bits per heavy atom. The number of fused-ring (bicyclic) bond motifs is 1. The van der Waals surface area contributed by atoms with Crippen LogP contribution in [0.4, 0.5) is 0 Å². The van der Waals surface area contributed by atoms with E-state index < -0.39 is 0 Å². The number of pyridine rings is 1. The van der Waals surface area contributed by atoms with Gasteiger partial charge in [-0.15, -0.1) is 10.2 Å². The van der Waals surface area contributed by atoms with Crippen molar-refractivity contribution in [3.63, 3.8) is 0 Å². The average Bonchev–Trinajstić information content (AvgIpc) is 2.70. The molecule has 0 spiro atoms. The lowest BCUT2D eigenvalue weighted by Crippen LogP contribution is -2.33. The molecule has 3 rings (SSSR count). The molecule has 0 aromatic carbocycles. The van der Waals surface area contributed by atoms with Crippen molar-refractivity contribution in [1.82, 2.24) is 19.5 Å². The van der Waals surface area contributed by atoms with Crippen LogP contribution in [0.2, 0.25) is 0 Å². The van der Waals surface area contributed by atoms with Crippen molar-refractivity contribution in [3.8, 4) is 0 Å². The molecule has 0 bridgehead atoms. The van der Waals surface area contributed by atoms with Gasteiger partial charge < -0.3 is 4.90 Å². The third-order valence-electron chi connectivity index (χ3n) is 3.57. The fourth-order valence-electron chi connectivity index (χ4n) is 2.46. The second kappa shape index (κ2) is 6.26. The molecule has 0 unspecified atom stereocenters. The normalized spacial score (nSPS) is 16.3. The SMILES string of the molecule is O=C(CSc1nnc2ccccn12)N1CCCCCC1. The zero-order valence-electron chi connectivity index (χ0n) is 11.4. The first-order chi connectivity index (χ1) is 9.84. The Labute approximate surface area is 122 Å². The highest BCUT2D eigenvalue weighted by Crippen LogP contribution is 2.18. The Hall–Kier alpha value is -1.56. The Bertz CT molecular complexity index is 590. The minimum absolute atomic E-state index is 0.213. The van der Waals surface area contributed by atoms with Crippen LogP contribution in [0.1, 0.15) is 25.7 Å². The van der Waals surface area contributed by atoms with Crippen LogP contribution >= 0.6 is 11.8 Å². The summed E-state index contributed by atoms with van der Waals surface area (Å²) in [5.41, 5.74) is 0.817. The highest BCUT2D eigenvalue weighted by Gasteiger charge is 2.16. The van der Waals surface area contributed by atoms with Gasteiger partial charge in [-0.1, -0.05) is 30.7 Å². The lowest BCUT2D eigenvalue weighted by atomic mass is 10.2. The molecule has 0 atom stereocenters. The van der Waals surface area contributed by atoms with Gasteiger partial charge in [0, 0.05) is 19.3 Å². The van der Waals surface area contributed by atoms with Crippen LogP contribution in [0.25, 0.3) is 5.65 Å². The minimum Gasteiger partial charge on any atom is -0.342 e. The topological polar surface area (TPSA) is 50.5 Å². The van der Waals surface area contributed by atoms with E-state index >= 15 is 0 Å². The van der Waals surface area contributed by atoms with Gasteiger partial charge in [-0.05, 0) is 25.0 Å². The van der Waals surface area contributed by atoms with Crippen LogP contribution in [0.3, 0.4) is 0 Å². The standard InChI is InChI=1S/C14H18N4OS/c19-13(17-8-4-1-2-5-9-17)11-20-14-16-15-12-7-3-6-10-18(12)14/h3,6-7,10H,1-2,4-5,8-9,11H2. The fraction of sp³-hybridized carbons (Fsp3) is 0.500. The van der Waals surface area contributed by atoms with Crippen molar-refractivity contribution in [2.24, 2.45) is 0 Å². The number of thioether (sulfide) groups is 1. The molecule has 2 aromatic heterocycles. The quantitative estimate of drug-likeness (QED) is 0.813. The molecule has 2 aromatic rings. The van der Waals surface area contributed by atoms with Crippen molar-refractivity contribution in [2.45, 2.75) is 30.8 Å². The number of hydrogen-bond acceptors (Lipinski definition) is 4. The third-order valence-corrected chi connectivity index (χ3v) is 4.49. The van der Waals surface area contributed by atoms with E-state index in [0.717, 1.165) is 36.7 Å². The molecule has 106 valence electrons. The first kappa shape index (κ1) is 13.4. The summed E-state index contributed by atoms with van der Waals surface area (Å²) in [4.78, 5) is 14.2. The van der Waals surface area contributed by atoms with E-state index in [-0.39, 0.29) is 5.91 Å². The largest absolute Gasteiger partial charge is 0.342 e. The smallest absolute Gasteiger partial charge is 0.233 e. The van der Waals surface area contributed by atoms with Crippen LogP contribution in [0.15, 0.2) is 29.6 Å². The molecular weight excluding hydrogens is 272 g/mol. The van der Waals surface area contributed by atoms with E-state index in [4.69, 9.17) is 0 Å². The van der Waals surface area contributed by atoms with Crippen LogP contribution in [0, 0.1) is 0 Å². The van der Waals surface area contributed by atoms with Crippen molar-refractivity contribution in [1.29, 1.82) is 0 Å². The molecular formula is C14H18N4OS. The Morgan fingerprint density at radius 1 is 1.15 bits per heavy atom. The van der Waals surface area contributed by atoms with Crippen molar-refractivity contribution in [2.75, 3.05) is 18.8 Å². The van der Waals surface area contributed by atoms with Gasteiger partial charge in [0.25, 0.3) is 0 Å². The zero-order chi connectivity index (χ0) is 13.8. The second-order valence-electron chi connectivity index (χ2n) is 5.00. The molecule has 0 aliphatic carbocycles. The van der Waals surface area contributed by atoms with Gasteiger partial charge in [0.1, 0.15) is 0 Å². The van der Waals surface area contributed by atoms with Gasteiger partial charge in [0.2, 0.25) is 5.91 Å². The van der Waals surface area contributed by atoms with E-state index in [1.807, 2.05) is 33.7 Å². The number of aromatic nitrogens is 3. The van der Waals surface area contributed by atoms with E-state index in [0.29, 0.717) is 5.75 Å². The molecule has 0 N–H and O–H groups in total. The Morgan fingerprint density at radius 2 is 1.95 bits per heavy atom. The van der Waals surface area contributed by atoms with Gasteiger partial charge in [-0.3, -0.25) is 9.20 Å². The molecule has 3 heterocycles. The summed E-state index contributed by atoms with van der Waals surface area (Å²) in [6.45, 7) is 1.81. The summed E-state index contributed by atoms with van der Waals surface area (Å²) < 4.78 is 1.92. The van der Waals surface area contributed by atoms with Crippen LogP contribution in [-0.2, 0) is 4.79 Å². The molecule has 1 fully saturated rings. The van der Waals surface area contributed by atoms with Crippen LogP contribution in [0.5, 0.6) is 0 Å². The number of nitrogens with zero attached hydrogens (tertiary/aromatic N) is 4. The summed E-state index contributed by atoms with van der Waals surface area (Å²) in [6, 6.07) is 5.78. The van der Waals surface area contributed by atoms with Crippen LogP contribution < -0.4 is 0 Å². The predicted molar refractivity (Wildman–Crippen MR) is 78.8 cm³/mol. The van der Waals surface area contributed by atoms with Gasteiger partial charge in [0.15, 0.2) is 10.8 Å². The highest BCUT2D eigenvalue weighted by molar-refractivity contribution is 7.99. The zero-order valence-corrected chi connectivity index (χ0v) is 12.2. The summed E-state index contributed by atoms with van der Waals surface area (Å²) in [7, 11) is 0. The third kappa shape index (κ3) is 2.95. The van der Waals surface area contributed by atoms with Crippen molar-refractivity contribution in [3.05, 3.63) is 24.4 Å². The number of amides is 1. The monoisotopic (exact) mass is 290 g/mol. The van der Waals surface area contributed by atoms with Crippen molar-refractivity contribution < 1.29 is 4.79 Å². The van der Waals surface area contributed by atoms with E-state index in [9.17, 15) is 4.79 Å². The molecule has 1 saturated heterocycles. The van der Waals surface area contributed by atoms with E-state index in [2.05, 4.69) is 10.2 Å². The highest BCUT2D eigenvalue weighted by atomic mass is 32.2. The number of carbonyl (C=O) groups is 1. The number of rotatable bonds is 3. The lowest BCUT2D eigenvalue weighted by Gasteiger charge is -2.19. The van der Waals surface area contributed by atoms with Gasteiger partial charge >= 0.3 is 0 Å². The lowest BCUT2D eigenvalue weighted by molar-refractivity contribution is -0.128. The van der Waals surface area contributed by atoms with Crippen molar-refractivity contribution >= 4 is 23.3 Å². The molecule has 1 aliphatic heterocycles. The molecule has 20 heavy (non-hydrogen) atoms. The van der Waals surface area contributed by atoms with E-state index in [1.54, 1.807) is 0 Å².